The summed E-state index contributed by atoms with van der Waals surface area (Å²) >= 11 is 0. The van der Waals surface area contributed by atoms with Crippen molar-refractivity contribution in [3.63, 3.8) is 0 Å². The molecule has 0 radical (unpaired) electrons. The van der Waals surface area contributed by atoms with Crippen LogP contribution < -0.4 is 9.62 Å². The number of likely N-dealkylation sites (tertiary alicyclic amines) is 1. The molecule has 2 aromatic heterocycles. The normalized spacial score (nSPS) is 18.8. The highest BCUT2D eigenvalue weighted by Crippen LogP contribution is 2.41. The van der Waals surface area contributed by atoms with Gasteiger partial charge in [0.05, 0.1) is 16.0 Å². The Morgan fingerprint density at radius 2 is 1.83 bits per heavy atom. The number of sulfonamides is 1. The Morgan fingerprint density at radius 1 is 1.03 bits per heavy atom. The Balaban J connectivity index is 1.51. The molecule has 0 saturated carbocycles. The van der Waals surface area contributed by atoms with Crippen LogP contribution in [0, 0.1) is 0 Å². The standard InChI is InChI=1S/C28H31N5O2S/c1-32-15-12-21(19-32)25-18-30-28-26(27(25)31-36(34,35)23-10-3-2-4-11-23)24(17-29-28)20-8-7-9-22(16-20)33-13-5-6-14-33/h2-4,7-11,16-18,21H,5-6,12-15,19H2,1H3,(H2,29,30,31). The molecule has 2 fully saturated rings. The molecule has 0 bridgehead atoms. The smallest absolute Gasteiger partial charge is 0.261 e. The third-order valence-electron chi connectivity index (χ3n) is 7.48. The minimum atomic E-state index is -3.78. The van der Waals surface area contributed by atoms with E-state index in [0.29, 0.717) is 11.3 Å². The molecule has 8 heteroatoms. The quantitative estimate of drug-likeness (QED) is 0.386. The second-order valence-electron chi connectivity index (χ2n) is 9.93. The molecule has 6 rings (SSSR count). The summed E-state index contributed by atoms with van der Waals surface area (Å²) in [7, 11) is -1.68. The lowest BCUT2D eigenvalue weighted by Gasteiger charge is -2.20. The van der Waals surface area contributed by atoms with E-state index in [1.807, 2.05) is 18.5 Å². The van der Waals surface area contributed by atoms with Crippen molar-refractivity contribution in [3.05, 3.63) is 72.6 Å². The van der Waals surface area contributed by atoms with Gasteiger partial charge in [-0.2, -0.15) is 0 Å². The first-order chi connectivity index (χ1) is 17.5. The number of benzene rings is 2. The predicted octanol–water partition coefficient (Wildman–Crippen LogP) is 5.05. The van der Waals surface area contributed by atoms with E-state index >= 15 is 0 Å². The van der Waals surface area contributed by atoms with Gasteiger partial charge in [-0.1, -0.05) is 30.3 Å². The number of hydrogen-bond donors (Lipinski definition) is 2. The third-order valence-corrected chi connectivity index (χ3v) is 8.85. The van der Waals surface area contributed by atoms with Crippen molar-refractivity contribution < 1.29 is 8.42 Å². The van der Waals surface area contributed by atoms with Gasteiger partial charge in [-0.25, -0.2) is 13.4 Å². The van der Waals surface area contributed by atoms with Gasteiger partial charge in [0.2, 0.25) is 0 Å². The molecular formula is C28H31N5O2S. The number of rotatable bonds is 6. The van der Waals surface area contributed by atoms with Crippen LogP contribution in [0.3, 0.4) is 0 Å². The van der Waals surface area contributed by atoms with Crippen LogP contribution in [0.15, 0.2) is 71.9 Å². The molecule has 1 atom stereocenters. The number of aromatic nitrogens is 2. The summed E-state index contributed by atoms with van der Waals surface area (Å²) in [6.07, 6.45) is 7.19. The fourth-order valence-corrected chi connectivity index (χ4v) is 6.71. The number of nitrogens with one attached hydrogen (secondary N) is 2. The Hall–Kier alpha value is -3.36. The molecule has 4 heterocycles. The van der Waals surface area contributed by atoms with E-state index in [9.17, 15) is 8.42 Å². The van der Waals surface area contributed by atoms with Crippen LogP contribution >= 0.6 is 0 Å². The van der Waals surface area contributed by atoms with Crippen LogP contribution in [0.2, 0.25) is 0 Å². The van der Waals surface area contributed by atoms with E-state index in [-0.39, 0.29) is 10.8 Å². The molecule has 2 aliphatic heterocycles. The molecule has 4 aromatic rings. The summed E-state index contributed by atoms with van der Waals surface area (Å²) in [5.41, 5.74) is 5.46. The molecule has 2 aliphatic rings. The molecular weight excluding hydrogens is 470 g/mol. The zero-order valence-corrected chi connectivity index (χ0v) is 21.3. The molecule has 0 aliphatic carbocycles. The van der Waals surface area contributed by atoms with Crippen molar-refractivity contribution >= 4 is 32.4 Å². The summed E-state index contributed by atoms with van der Waals surface area (Å²) in [5.74, 6) is 0.207. The van der Waals surface area contributed by atoms with Gasteiger partial charge < -0.3 is 14.8 Å². The Morgan fingerprint density at radius 3 is 2.58 bits per heavy atom. The first-order valence-electron chi connectivity index (χ1n) is 12.6. The minimum Gasteiger partial charge on any atom is -0.372 e. The number of hydrogen-bond acceptors (Lipinski definition) is 5. The van der Waals surface area contributed by atoms with Crippen molar-refractivity contribution in [2.45, 2.75) is 30.1 Å². The molecule has 2 saturated heterocycles. The van der Waals surface area contributed by atoms with Crippen molar-refractivity contribution in [3.8, 4) is 11.1 Å². The fraction of sp³-hybridized carbons (Fsp3) is 0.321. The minimum absolute atomic E-state index is 0.207. The van der Waals surface area contributed by atoms with Crippen molar-refractivity contribution in [1.82, 2.24) is 14.9 Å². The molecule has 36 heavy (non-hydrogen) atoms. The number of fused-ring (bicyclic) bond motifs is 1. The number of anilines is 2. The van der Waals surface area contributed by atoms with E-state index < -0.39 is 10.0 Å². The van der Waals surface area contributed by atoms with Crippen LogP contribution in [0.1, 0.15) is 30.7 Å². The third kappa shape index (κ3) is 4.24. The van der Waals surface area contributed by atoms with E-state index in [4.69, 9.17) is 4.98 Å². The van der Waals surface area contributed by atoms with Gasteiger partial charge in [0, 0.05) is 49.2 Å². The van der Waals surface area contributed by atoms with Crippen LogP contribution in [0.5, 0.6) is 0 Å². The largest absolute Gasteiger partial charge is 0.372 e. The molecule has 2 aromatic carbocycles. The maximum absolute atomic E-state index is 13.5. The van der Waals surface area contributed by atoms with Crippen LogP contribution in [0.25, 0.3) is 22.2 Å². The molecule has 186 valence electrons. The van der Waals surface area contributed by atoms with Crippen LogP contribution in [0.4, 0.5) is 11.4 Å². The number of pyridine rings is 1. The summed E-state index contributed by atoms with van der Waals surface area (Å²) in [6, 6.07) is 17.1. The van der Waals surface area contributed by atoms with Gasteiger partial charge in [-0.05, 0) is 68.2 Å². The van der Waals surface area contributed by atoms with Crippen LogP contribution in [-0.2, 0) is 10.0 Å². The molecule has 0 amide bonds. The van der Waals surface area contributed by atoms with Crippen LogP contribution in [-0.4, -0.2) is 56.5 Å². The van der Waals surface area contributed by atoms with Gasteiger partial charge in [0.15, 0.2) is 0 Å². The highest BCUT2D eigenvalue weighted by atomic mass is 32.2. The maximum Gasteiger partial charge on any atom is 0.261 e. The monoisotopic (exact) mass is 501 g/mol. The van der Waals surface area contributed by atoms with Gasteiger partial charge in [0.1, 0.15) is 5.65 Å². The van der Waals surface area contributed by atoms with Crippen molar-refractivity contribution in [2.24, 2.45) is 0 Å². The van der Waals surface area contributed by atoms with E-state index in [2.05, 4.69) is 50.8 Å². The lowest BCUT2D eigenvalue weighted by atomic mass is 9.95. The number of aromatic amines is 1. The summed E-state index contributed by atoms with van der Waals surface area (Å²) in [5, 5.41) is 0.820. The molecule has 1 unspecified atom stereocenters. The van der Waals surface area contributed by atoms with Gasteiger partial charge in [-0.15, -0.1) is 0 Å². The summed E-state index contributed by atoms with van der Waals surface area (Å²) in [4.78, 5) is 13.0. The predicted molar refractivity (Wildman–Crippen MR) is 145 cm³/mol. The number of H-pyrrole nitrogens is 1. The second-order valence-corrected chi connectivity index (χ2v) is 11.6. The zero-order chi connectivity index (χ0) is 24.7. The summed E-state index contributed by atoms with van der Waals surface area (Å²) < 4.78 is 30.0. The molecule has 0 spiro atoms. The van der Waals surface area contributed by atoms with Gasteiger partial charge in [0.25, 0.3) is 10.0 Å². The average molecular weight is 502 g/mol. The SMILES string of the molecule is CN1CCC(c2cnc3[nH]cc(-c4cccc(N5CCCC5)c4)c3c2NS(=O)(=O)c2ccccc2)C1. The lowest BCUT2D eigenvalue weighted by Crippen LogP contribution is -2.17. The van der Waals surface area contributed by atoms with Crippen molar-refractivity contribution in [1.29, 1.82) is 0 Å². The van der Waals surface area contributed by atoms with Gasteiger partial charge >= 0.3 is 0 Å². The van der Waals surface area contributed by atoms with Crippen molar-refractivity contribution in [2.75, 3.05) is 42.8 Å². The molecule has 2 N–H and O–H groups in total. The first-order valence-corrected chi connectivity index (χ1v) is 14.1. The highest BCUT2D eigenvalue weighted by Gasteiger charge is 2.29. The summed E-state index contributed by atoms with van der Waals surface area (Å²) in [6.45, 7) is 3.99. The lowest BCUT2D eigenvalue weighted by molar-refractivity contribution is 0.411. The average Bonchev–Trinajstić information content (AvgIpc) is 3.66. The zero-order valence-electron chi connectivity index (χ0n) is 20.4. The van der Waals surface area contributed by atoms with E-state index in [1.165, 1.54) is 18.5 Å². The fourth-order valence-electron chi connectivity index (χ4n) is 5.58. The second kappa shape index (κ2) is 9.26. The molecule has 7 nitrogen and oxygen atoms in total. The van der Waals surface area contributed by atoms with E-state index in [0.717, 1.165) is 54.7 Å². The van der Waals surface area contributed by atoms with E-state index in [1.54, 1.807) is 24.3 Å². The van der Waals surface area contributed by atoms with Gasteiger partial charge in [-0.3, -0.25) is 4.72 Å². The Labute approximate surface area is 212 Å². The Kier molecular flexibility index (Phi) is 5.93. The highest BCUT2D eigenvalue weighted by molar-refractivity contribution is 7.92. The number of likely N-dealkylation sites (N-methyl/N-ethyl adjacent to an activating group) is 1. The maximum atomic E-state index is 13.5. The number of nitrogens with zero attached hydrogens (tertiary/aromatic N) is 3. The topological polar surface area (TPSA) is 81.3 Å². The first kappa shape index (κ1) is 23.1. The Bertz CT molecular complexity index is 1490.